The number of carbonyl (C=O) groups is 2. The molecule has 0 aliphatic carbocycles. The summed E-state index contributed by atoms with van der Waals surface area (Å²) in [5.74, 6) is -2.51. The number of carbonyl (C=O) groups excluding carboxylic acids is 1. The van der Waals surface area contributed by atoms with Gasteiger partial charge in [0.25, 0.3) is 5.91 Å². The fourth-order valence-corrected chi connectivity index (χ4v) is 3.53. The average molecular weight is 375 g/mol. The number of hydrogen-bond donors (Lipinski definition) is 2. The number of thioether (sulfide) groups is 1. The van der Waals surface area contributed by atoms with E-state index < -0.39 is 17.6 Å². The Bertz CT molecular complexity index is 925. The van der Waals surface area contributed by atoms with E-state index in [2.05, 4.69) is 0 Å². The number of amides is 1. The van der Waals surface area contributed by atoms with Crippen LogP contribution in [0.2, 0.25) is 0 Å². The van der Waals surface area contributed by atoms with Crippen LogP contribution in [0.15, 0.2) is 47.4 Å². The molecule has 2 aromatic carbocycles. The van der Waals surface area contributed by atoms with Gasteiger partial charge >= 0.3 is 5.97 Å². The lowest BCUT2D eigenvalue weighted by molar-refractivity contribution is -0.113. The molecule has 1 heterocycles. The van der Waals surface area contributed by atoms with Crippen molar-refractivity contribution in [3.05, 3.63) is 64.3 Å². The molecule has 0 spiro atoms. The van der Waals surface area contributed by atoms with Gasteiger partial charge in [0.05, 0.1) is 10.6 Å². The number of halogens is 1. The molecule has 1 aliphatic rings. The van der Waals surface area contributed by atoms with Crippen LogP contribution in [0.3, 0.4) is 0 Å². The summed E-state index contributed by atoms with van der Waals surface area (Å²) in [5, 5.41) is 18.7. The van der Waals surface area contributed by atoms with E-state index in [4.69, 9.17) is 17.3 Å². The van der Waals surface area contributed by atoms with Crippen molar-refractivity contribution in [2.45, 2.75) is 0 Å². The number of benzene rings is 2. The summed E-state index contributed by atoms with van der Waals surface area (Å²) in [6, 6.07) is 9.42. The van der Waals surface area contributed by atoms with Crippen LogP contribution < -0.4 is 4.90 Å². The number of nitrogens with zero attached hydrogens (tertiary/aromatic N) is 1. The minimum atomic E-state index is -1.31. The molecule has 2 aromatic rings. The fraction of sp³-hybridized carbons (Fsp3) is 0. The van der Waals surface area contributed by atoms with Gasteiger partial charge in [0.2, 0.25) is 0 Å². The van der Waals surface area contributed by atoms with Gasteiger partial charge < -0.3 is 10.2 Å². The van der Waals surface area contributed by atoms with Crippen LogP contribution in [0.25, 0.3) is 6.08 Å². The molecule has 2 N–H and O–H groups in total. The third-order valence-electron chi connectivity index (χ3n) is 3.43. The van der Waals surface area contributed by atoms with Gasteiger partial charge in [-0.2, -0.15) is 0 Å². The second kappa shape index (κ2) is 6.66. The number of aromatic hydroxyl groups is 1. The Morgan fingerprint density at radius 3 is 2.52 bits per heavy atom. The Labute approximate surface area is 151 Å². The summed E-state index contributed by atoms with van der Waals surface area (Å²) in [6.07, 6.45) is 1.58. The van der Waals surface area contributed by atoms with E-state index in [0.29, 0.717) is 10.5 Å². The molecule has 1 aliphatic heterocycles. The van der Waals surface area contributed by atoms with E-state index in [1.165, 1.54) is 47.4 Å². The summed E-state index contributed by atoms with van der Waals surface area (Å²) < 4.78 is 13.2. The molecule has 0 saturated carbocycles. The zero-order valence-corrected chi connectivity index (χ0v) is 14.1. The van der Waals surface area contributed by atoms with E-state index in [1.807, 2.05) is 0 Å². The minimum Gasteiger partial charge on any atom is -0.507 e. The number of anilines is 1. The number of hydrogen-bond acceptors (Lipinski definition) is 5. The molecule has 1 saturated heterocycles. The fourth-order valence-electron chi connectivity index (χ4n) is 2.24. The quantitative estimate of drug-likeness (QED) is 0.630. The van der Waals surface area contributed by atoms with E-state index in [-0.39, 0.29) is 21.4 Å². The first kappa shape index (κ1) is 17.1. The van der Waals surface area contributed by atoms with Gasteiger partial charge in [-0.25, -0.2) is 9.18 Å². The molecule has 0 bridgehead atoms. The first-order chi connectivity index (χ1) is 11.9. The second-order valence-electron chi connectivity index (χ2n) is 5.08. The molecule has 1 fully saturated rings. The predicted octanol–water partition coefficient (Wildman–Crippen LogP) is 3.64. The van der Waals surface area contributed by atoms with Gasteiger partial charge in [-0.3, -0.25) is 9.69 Å². The SMILES string of the molecule is O=C(O)c1cc(N2C(=O)/C(=C/c3ccc(F)cc3)SC2=S)ccc1O. The van der Waals surface area contributed by atoms with Crippen LogP contribution >= 0.6 is 24.0 Å². The topological polar surface area (TPSA) is 77.8 Å². The maximum absolute atomic E-state index is 13.0. The standard InChI is InChI=1S/C17H10FNO4S2/c18-10-3-1-9(2-4-10)7-14-15(21)19(17(24)25-14)11-5-6-13(20)12(8-11)16(22)23/h1-8,20H,(H,22,23)/b14-7-. The minimum absolute atomic E-state index is 0.236. The molecule has 0 unspecified atom stereocenters. The normalized spacial score (nSPS) is 15.9. The van der Waals surface area contributed by atoms with Gasteiger partial charge in [-0.1, -0.05) is 36.1 Å². The first-order valence-electron chi connectivity index (χ1n) is 6.96. The van der Waals surface area contributed by atoms with Crippen molar-refractivity contribution in [3.8, 4) is 5.75 Å². The maximum atomic E-state index is 13.0. The first-order valence-corrected chi connectivity index (χ1v) is 8.19. The number of carboxylic acids is 1. The van der Waals surface area contributed by atoms with E-state index in [9.17, 15) is 19.1 Å². The molecule has 0 aromatic heterocycles. The van der Waals surface area contributed by atoms with Crippen LogP contribution in [0.5, 0.6) is 5.75 Å². The number of carboxylic acid groups (broad SMARTS) is 1. The van der Waals surface area contributed by atoms with Gasteiger partial charge in [0, 0.05) is 0 Å². The zero-order chi connectivity index (χ0) is 18.1. The Morgan fingerprint density at radius 1 is 1.20 bits per heavy atom. The Kier molecular flexibility index (Phi) is 4.56. The van der Waals surface area contributed by atoms with E-state index in [1.54, 1.807) is 6.08 Å². The molecule has 5 nitrogen and oxygen atoms in total. The van der Waals surface area contributed by atoms with Crippen molar-refractivity contribution in [1.82, 2.24) is 0 Å². The highest BCUT2D eigenvalue weighted by Crippen LogP contribution is 2.37. The Balaban J connectivity index is 1.95. The summed E-state index contributed by atoms with van der Waals surface area (Å²) in [5.41, 5.74) is 0.563. The molecule has 8 heteroatoms. The lowest BCUT2D eigenvalue weighted by atomic mass is 10.1. The van der Waals surface area contributed by atoms with Crippen molar-refractivity contribution >= 4 is 51.9 Å². The van der Waals surface area contributed by atoms with Crippen LogP contribution in [0.4, 0.5) is 10.1 Å². The molecule has 0 atom stereocenters. The Hall–Kier alpha value is -2.71. The van der Waals surface area contributed by atoms with Gasteiger partial charge in [-0.15, -0.1) is 0 Å². The van der Waals surface area contributed by atoms with Crippen molar-refractivity contribution in [2.24, 2.45) is 0 Å². The number of aromatic carboxylic acids is 1. The van der Waals surface area contributed by atoms with Gasteiger partial charge in [0.15, 0.2) is 4.32 Å². The number of thiocarbonyl (C=S) groups is 1. The second-order valence-corrected chi connectivity index (χ2v) is 6.75. The van der Waals surface area contributed by atoms with Crippen LogP contribution in [0.1, 0.15) is 15.9 Å². The largest absolute Gasteiger partial charge is 0.507 e. The molecule has 1 amide bonds. The monoisotopic (exact) mass is 375 g/mol. The van der Waals surface area contributed by atoms with Gasteiger partial charge in [-0.05, 0) is 42.0 Å². The number of phenols is 1. The molecule has 126 valence electrons. The Morgan fingerprint density at radius 2 is 1.88 bits per heavy atom. The van der Waals surface area contributed by atoms with E-state index >= 15 is 0 Å². The summed E-state index contributed by atoms with van der Waals surface area (Å²) >= 11 is 6.27. The van der Waals surface area contributed by atoms with E-state index in [0.717, 1.165) is 11.8 Å². The van der Waals surface area contributed by atoms with Crippen LogP contribution in [-0.2, 0) is 4.79 Å². The molecule has 0 radical (unpaired) electrons. The highest BCUT2D eigenvalue weighted by Gasteiger charge is 2.33. The highest BCUT2D eigenvalue weighted by atomic mass is 32.2. The third-order valence-corrected chi connectivity index (χ3v) is 4.73. The molecule has 3 rings (SSSR count). The average Bonchev–Trinajstić information content (AvgIpc) is 2.84. The van der Waals surface area contributed by atoms with Gasteiger partial charge in [0.1, 0.15) is 17.1 Å². The van der Waals surface area contributed by atoms with Crippen molar-refractivity contribution in [2.75, 3.05) is 4.90 Å². The predicted molar refractivity (Wildman–Crippen MR) is 97.1 cm³/mol. The summed E-state index contributed by atoms with van der Waals surface area (Å²) in [4.78, 5) is 25.3. The van der Waals surface area contributed by atoms with Crippen molar-refractivity contribution < 1.29 is 24.2 Å². The highest BCUT2D eigenvalue weighted by molar-refractivity contribution is 8.27. The third kappa shape index (κ3) is 3.40. The molecular weight excluding hydrogens is 365 g/mol. The lowest BCUT2D eigenvalue weighted by Crippen LogP contribution is -2.27. The molecular formula is C17H10FNO4S2. The van der Waals surface area contributed by atoms with Crippen LogP contribution in [0, 0.1) is 5.82 Å². The summed E-state index contributed by atoms with van der Waals surface area (Å²) in [6.45, 7) is 0. The smallest absolute Gasteiger partial charge is 0.339 e. The molecule has 25 heavy (non-hydrogen) atoms. The van der Waals surface area contributed by atoms with Crippen molar-refractivity contribution in [3.63, 3.8) is 0 Å². The van der Waals surface area contributed by atoms with Crippen molar-refractivity contribution in [1.29, 1.82) is 0 Å². The zero-order valence-electron chi connectivity index (χ0n) is 12.5. The lowest BCUT2D eigenvalue weighted by Gasteiger charge is -2.15. The number of rotatable bonds is 3. The summed E-state index contributed by atoms with van der Waals surface area (Å²) in [7, 11) is 0. The maximum Gasteiger partial charge on any atom is 0.339 e. The van der Waals surface area contributed by atoms with Crippen LogP contribution in [-0.4, -0.2) is 26.4 Å².